The van der Waals surface area contributed by atoms with Crippen LogP contribution in [0.2, 0.25) is 0 Å². The molecule has 1 rings (SSSR count). The number of hydrogen-bond donors (Lipinski definition) is 0. The van der Waals surface area contributed by atoms with Crippen LogP contribution >= 0.6 is 11.6 Å². The van der Waals surface area contributed by atoms with Crippen LogP contribution in [0, 0.1) is 0 Å². The predicted octanol–water partition coefficient (Wildman–Crippen LogP) is 4.91. The molecular weight excluding hydrogens is 204 g/mol. The smallest absolute Gasteiger partial charge is 0.0190 e. The molecule has 0 bridgehead atoms. The second-order valence-electron chi connectivity index (χ2n) is 3.75. The fourth-order valence-corrected chi connectivity index (χ4v) is 1.59. The molecule has 1 heteroatoms. The number of rotatable bonds is 3. The van der Waals surface area contributed by atoms with Crippen molar-refractivity contribution >= 4 is 11.6 Å². The highest BCUT2D eigenvalue weighted by Gasteiger charge is 2.03. The van der Waals surface area contributed by atoms with Gasteiger partial charge in [0.1, 0.15) is 0 Å². The molecule has 1 aliphatic rings. The molecule has 0 heterocycles. The molecule has 0 saturated heterocycles. The van der Waals surface area contributed by atoms with Gasteiger partial charge in [-0.3, -0.25) is 0 Å². The van der Waals surface area contributed by atoms with E-state index in [1.807, 2.05) is 19.1 Å². The maximum absolute atomic E-state index is 6.01. The Morgan fingerprint density at radius 1 is 1.40 bits per heavy atom. The van der Waals surface area contributed by atoms with Crippen LogP contribution in [0.3, 0.4) is 0 Å². The second-order valence-corrected chi connectivity index (χ2v) is 4.24. The topological polar surface area (TPSA) is 0 Å². The Morgan fingerprint density at radius 2 is 2.13 bits per heavy atom. The van der Waals surface area contributed by atoms with Gasteiger partial charge in [-0.1, -0.05) is 48.1 Å². The van der Waals surface area contributed by atoms with Gasteiger partial charge in [0, 0.05) is 5.03 Å². The summed E-state index contributed by atoms with van der Waals surface area (Å²) < 4.78 is 0. The third kappa shape index (κ3) is 3.93. The Bertz CT molecular complexity index is 365. The van der Waals surface area contributed by atoms with Crippen LogP contribution in [0.5, 0.6) is 0 Å². The zero-order valence-corrected chi connectivity index (χ0v) is 10.1. The van der Waals surface area contributed by atoms with Gasteiger partial charge in [-0.15, -0.1) is 0 Å². The van der Waals surface area contributed by atoms with Crippen molar-refractivity contribution in [1.82, 2.24) is 0 Å². The standard InChI is InChI=1S/C14H17Cl/c1-4-11(2)8-9-12(3)13-6-5-7-14(15)10-13/h4,6,8-10H,1,5,7H2,2-3H3/b11-8-,12-9+. The molecule has 0 aromatic carbocycles. The summed E-state index contributed by atoms with van der Waals surface area (Å²) in [6.45, 7) is 7.86. The zero-order valence-electron chi connectivity index (χ0n) is 9.39. The quantitative estimate of drug-likeness (QED) is 0.593. The van der Waals surface area contributed by atoms with E-state index in [0.717, 1.165) is 17.9 Å². The van der Waals surface area contributed by atoms with E-state index in [1.165, 1.54) is 16.7 Å². The third-order valence-electron chi connectivity index (χ3n) is 2.43. The lowest BCUT2D eigenvalue weighted by Gasteiger charge is -2.09. The molecule has 0 aliphatic heterocycles. The van der Waals surface area contributed by atoms with Gasteiger partial charge in [0.25, 0.3) is 0 Å². The number of halogens is 1. The summed E-state index contributed by atoms with van der Waals surface area (Å²) in [4.78, 5) is 0. The van der Waals surface area contributed by atoms with Crippen LogP contribution in [0.4, 0.5) is 0 Å². The molecule has 0 saturated carbocycles. The van der Waals surface area contributed by atoms with E-state index in [1.54, 1.807) is 0 Å². The number of hydrogen-bond acceptors (Lipinski definition) is 0. The van der Waals surface area contributed by atoms with Crippen molar-refractivity contribution in [2.75, 3.05) is 0 Å². The third-order valence-corrected chi connectivity index (χ3v) is 2.73. The van der Waals surface area contributed by atoms with Crippen molar-refractivity contribution in [3.8, 4) is 0 Å². The Kier molecular flexibility index (Phi) is 4.64. The van der Waals surface area contributed by atoms with E-state index in [-0.39, 0.29) is 0 Å². The van der Waals surface area contributed by atoms with Gasteiger partial charge >= 0.3 is 0 Å². The van der Waals surface area contributed by atoms with Crippen LogP contribution in [-0.4, -0.2) is 0 Å². The summed E-state index contributed by atoms with van der Waals surface area (Å²) >= 11 is 6.01. The number of allylic oxidation sites excluding steroid dienone is 9. The van der Waals surface area contributed by atoms with Crippen molar-refractivity contribution in [2.45, 2.75) is 26.7 Å². The van der Waals surface area contributed by atoms with Crippen molar-refractivity contribution in [2.24, 2.45) is 0 Å². The zero-order chi connectivity index (χ0) is 11.3. The van der Waals surface area contributed by atoms with E-state index in [0.29, 0.717) is 0 Å². The summed E-state index contributed by atoms with van der Waals surface area (Å²) in [6, 6.07) is 0. The molecule has 1 aliphatic carbocycles. The Labute approximate surface area is 97.3 Å². The van der Waals surface area contributed by atoms with E-state index in [4.69, 9.17) is 11.6 Å². The monoisotopic (exact) mass is 220 g/mol. The van der Waals surface area contributed by atoms with E-state index in [9.17, 15) is 0 Å². The van der Waals surface area contributed by atoms with Gasteiger partial charge in [-0.05, 0) is 43.9 Å². The molecule has 0 aromatic heterocycles. The van der Waals surface area contributed by atoms with Crippen LogP contribution in [0.25, 0.3) is 0 Å². The first-order valence-corrected chi connectivity index (χ1v) is 5.55. The first-order valence-electron chi connectivity index (χ1n) is 5.17. The van der Waals surface area contributed by atoms with Crippen LogP contribution in [-0.2, 0) is 0 Å². The van der Waals surface area contributed by atoms with E-state index < -0.39 is 0 Å². The molecule has 15 heavy (non-hydrogen) atoms. The van der Waals surface area contributed by atoms with Gasteiger partial charge in [-0.2, -0.15) is 0 Å². The van der Waals surface area contributed by atoms with Crippen molar-refractivity contribution < 1.29 is 0 Å². The summed E-state index contributed by atoms with van der Waals surface area (Å²) in [6.07, 6.45) is 12.3. The highest BCUT2D eigenvalue weighted by molar-refractivity contribution is 6.29. The summed E-state index contributed by atoms with van der Waals surface area (Å²) in [5.74, 6) is 0. The predicted molar refractivity (Wildman–Crippen MR) is 69.0 cm³/mol. The fraction of sp³-hybridized carbons (Fsp3) is 0.286. The molecule has 0 aromatic rings. The maximum Gasteiger partial charge on any atom is 0.0190 e. The molecular formula is C14H17Cl. The lowest BCUT2D eigenvalue weighted by atomic mass is 10.00. The average molecular weight is 221 g/mol. The van der Waals surface area contributed by atoms with Gasteiger partial charge < -0.3 is 0 Å². The van der Waals surface area contributed by atoms with Crippen molar-refractivity contribution in [3.63, 3.8) is 0 Å². The van der Waals surface area contributed by atoms with Gasteiger partial charge in [0.2, 0.25) is 0 Å². The normalized spacial score (nSPS) is 18.3. The minimum atomic E-state index is 0.949. The SMILES string of the molecule is C=C/C(C)=C\C=C(/C)C1=CCCC(Cl)=C1. The minimum Gasteiger partial charge on any atom is -0.0988 e. The second kappa shape index (κ2) is 5.77. The van der Waals surface area contributed by atoms with Crippen LogP contribution < -0.4 is 0 Å². The molecule has 80 valence electrons. The Hall–Kier alpha value is -1.01. The van der Waals surface area contributed by atoms with Crippen molar-refractivity contribution in [3.05, 3.63) is 58.7 Å². The summed E-state index contributed by atoms with van der Waals surface area (Å²) in [5, 5.41) is 0.949. The van der Waals surface area contributed by atoms with E-state index >= 15 is 0 Å². The molecule has 0 unspecified atom stereocenters. The Morgan fingerprint density at radius 3 is 2.73 bits per heavy atom. The first kappa shape index (κ1) is 12.1. The maximum atomic E-state index is 6.01. The fourth-order valence-electron chi connectivity index (χ4n) is 1.36. The lowest BCUT2D eigenvalue weighted by Crippen LogP contribution is -1.89. The van der Waals surface area contributed by atoms with Gasteiger partial charge in [-0.25, -0.2) is 0 Å². The average Bonchev–Trinajstić information content (AvgIpc) is 2.25. The minimum absolute atomic E-state index is 0.949. The highest BCUT2D eigenvalue weighted by atomic mass is 35.5. The van der Waals surface area contributed by atoms with Gasteiger partial charge in [0.05, 0.1) is 0 Å². The lowest BCUT2D eigenvalue weighted by molar-refractivity contribution is 1.000. The largest absolute Gasteiger partial charge is 0.0988 e. The Balaban J connectivity index is 2.81. The molecule has 0 radical (unpaired) electrons. The van der Waals surface area contributed by atoms with Crippen LogP contribution in [0.1, 0.15) is 26.7 Å². The van der Waals surface area contributed by atoms with Crippen LogP contribution in [0.15, 0.2) is 58.7 Å². The van der Waals surface area contributed by atoms with E-state index in [2.05, 4.69) is 31.7 Å². The molecule has 0 atom stereocenters. The van der Waals surface area contributed by atoms with Crippen molar-refractivity contribution in [1.29, 1.82) is 0 Å². The first-order chi connectivity index (χ1) is 7.13. The molecule has 0 spiro atoms. The summed E-state index contributed by atoms with van der Waals surface area (Å²) in [7, 11) is 0. The highest BCUT2D eigenvalue weighted by Crippen LogP contribution is 2.24. The summed E-state index contributed by atoms with van der Waals surface area (Å²) in [5.41, 5.74) is 3.65. The molecule has 0 nitrogen and oxygen atoms in total. The molecule has 0 amide bonds. The molecule has 0 N–H and O–H groups in total. The molecule has 0 fully saturated rings. The van der Waals surface area contributed by atoms with Gasteiger partial charge in [0.15, 0.2) is 0 Å².